The Kier molecular flexibility index (Phi) is 5.38. The van der Waals surface area contributed by atoms with Crippen LogP contribution in [0.2, 0.25) is 0 Å². The predicted octanol–water partition coefficient (Wildman–Crippen LogP) is 5.30. The third-order valence-electron chi connectivity index (χ3n) is 5.92. The lowest BCUT2D eigenvalue weighted by atomic mass is 10.0. The standard InChI is InChI=1S/C27H25N3O2/c1-32-23-13-7-9-20(17-23)18-28-27(31)30-19-22-12-5-6-14-24(22)29-16-8-15-25(29)26(30)21-10-3-2-4-11-21/h2-17,26H,18-19H2,1H3,(H,28,31). The maximum Gasteiger partial charge on any atom is 0.318 e. The van der Waals surface area contributed by atoms with Crippen LogP contribution in [0.15, 0.2) is 97.2 Å². The van der Waals surface area contributed by atoms with Gasteiger partial charge in [0, 0.05) is 18.4 Å². The van der Waals surface area contributed by atoms with Gasteiger partial charge < -0.3 is 19.5 Å². The van der Waals surface area contributed by atoms with Gasteiger partial charge in [-0.1, -0.05) is 60.7 Å². The van der Waals surface area contributed by atoms with Crippen molar-refractivity contribution < 1.29 is 9.53 Å². The van der Waals surface area contributed by atoms with Crippen molar-refractivity contribution in [2.24, 2.45) is 0 Å². The Labute approximate surface area is 187 Å². The first kappa shape index (κ1) is 19.9. The average molecular weight is 424 g/mol. The zero-order valence-corrected chi connectivity index (χ0v) is 17.9. The largest absolute Gasteiger partial charge is 0.497 e. The van der Waals surface area contributed by atoms with Crippen LogP contribution >= 0.6 is 0 Å². The third kappa shape index (κ3) is 3.73. The summed E-state index contributed by atoms with van der Waals surface area (Å²) >= 11 is 0. The lowest BCUT2D eigenvalue weighted by Gasteiger charge is -2.31. The van der Waals surface area contributed by atoms with Crippen molar-refractivity contribution in [1.29, 1.82) is 0 Å². The molecule has 0 saturated carbocycles. The van der Waals surface area contributed by atoms with Crippen molar-refractivity contribution in [2.75, 3.05) is 7.11 Å². The van der Waals surface area contributed by atoms with Crippen molar-refractivity contribution >= 4 is 6.03 Å². The third-order valence-corrected chi connectivity index (χ3v) is 5.92. The van der Waals surface area contributed by atoms with E-state index in [2.05, 4.69) is 46.4 Å². The highest BCUT2D eigenvalue weighted by atomic mass is 16.5. The van der Waals surface area contributed by atoms with Crippen LogP contribution in [0.25, 0.3) is 5.69 Å². The smallest absolute Gasteiger partial charge is 0.318 e. The van der Waals surface area contributed by atoms with E-state index in [1.807, 2.05) is 65.6 Å². The van der Waals surface area contributed by atoms with Crippen LogP contribution in [0.1, 0.15) is 28.4 Å². The van der Waals surface area contributed by atoms with Crippen LogP contribution < -0.4 is 10.1 Å². The van der Waals surface area contributed by atoms with Crippen LogP contribution in [0.3, 0.4) is 0 Å². The Bertz CT molecular complexity index is 1230. The van der Waals surface area contributed by atoms with E-state index < -0.39 is 0 Å². The summed E-state index contributed by atoms with van der Waals surface area (Å²) < 4.78 is 7.51. The lowest BCUT2D eigenvalue weighted by Crippen LogP contribution is -2.41. The van der Waals surface area contributed by atoms with Crippen LogP contribution in [0, 0.1) is 0 Å². The Hall–Kier alpha value is -3.99. The van der Waals surface area contributed by atoms with Gasteiger partial charge >= 0.3 is 6.03 Å². The summed E-state index contributed by atoms with van der Waals surface area (Å²) in [5, 5.41) is 3.12. The minimum atomic E-state index is -0.205. The molecule has 0 radical (unpaired) electrons. The molecule has 0 fully saturated rings. The number of nitrogens with one attached hydrogen (secondary N) is 1. The molecule has 0 bridgehead atoms. The average Bonchev–Trinajstić information content (AvgIpc) is 3.27. The molecule has 3 aromatic carbocycles. The molecular weight excluding hydrogens is 398 g/mol. The molecule has 1 aliphatic rings. The van der Waals surface area contributed by atoms with Gasteiger partial charge in [0.05, 0.1) is 25.4 Å². The fraction of sp³-hybridized carbons (Fsp3) is 0.148. The van der Waals surface area contributed by atoms with E-state index in [1.165, 1.54) is 0 Å². The normalized spacial score (nSPS) is 14.8. The molecule has 1 N–H and O–H groups in total. The summed E-state index contributed by atoms with van der Waals surface area (Å²) in [6, 6.07) is 30.1. The highest BCUT2D eigenvalue weighted by Crippen LogP contribution is 2.36. The molecule has 1 unspecified atom stereocenters. The second kappa shape index (κ2) is 8.63. The van der Waals surface area contributed by atoms with Gasteiger partial charge in [0.15, 0.2) is 0 Å². The zero-order chi connectivity index (χ0) is 21.9. The molecule has 5 nitrogen and oxygen atoms in total. The van der Waals surface area contributed by atoms with Crippen molar-refractivity contribution in [3.63, 3.8) is 0 Å². The number of carbonyl (C=O) groups excluding carboxylic acids is 1. The SMILES string of the molecule is COc1cccc(CNC(=O)N2Cc3ccccc3-n3cccc3C2c2ccccc2)c1. The molecule has 1 aliphatic heterocycles. The Morgan fingerprint density at radius 2 is 1.78 bits per heavy atom. The number of ether oxygens (including phenoxy) is 1. The number of hydrogen-bond donors (Lipinski definition) is 1. The molecule has 0 spiro atoms. The number of rotatable bonds is 4. The maximum atomic E-state index is 13.6. The number of amides is 2. The summed E-state index contributed by atoms with van der Waals surface area (Å²) in [6.07, 6.45) is 2.07. The van der Waals surface area contributed by atoms with Crippen molar-refractivity contribution in [1.82, 2.24) is 14.8 Å². The van der Waals surface area contributed by atoms with Crippen LogP contribution in [0.5, 0.6) is 5.75 Å². The summed E-state index contributed by atoms with van der Waals surface area (Å²) in [5.74, 6) is 0.778. The number of carbonyl (C=O) groups is 1. The molecule has 2 amide bonds. The van der Waals surface area contributed by atoms with E-state index in [4.69, 9.17) is 4.74 Å². The number of hydrogen-bond acceptors (Lipinski definition) is 2. The molecular formula is C27H25N3O2. The van der Waals surface area contributed by atoms with Crippen molar-refractivity contribution in [3.8, 4) is 11.4 Å². The van der Waals surface area contributed by atoms with E-state index in [9.17, 15) is 4.79 Å². The lowest BCUT2D eigenvalue weighted by molar-refractivity contribution is 0.180. The van der Waals surface area contributed by atoms with Gasteiger partial charge in [0.2, 0.25) is 0 Å². The fourth-order valence-electron chi connectivity index (χ4n) is 4.39. The van der Waals surface area contributed by atoms with Crippen molar-refractivity contribution in [2.45, 2.75) is 19.1 Å². The second-order valence-electron chi connectivity index (χ2n) is 7.88. The van der Waals surface area contributed by atoms with E-state index in [1.54, 1.807) is 7.11 Å². The summed E-state index contributed by atoms with van der Waals surface area (Å²) in [5.41, 5.74) is 5.36. The summed E-state index contributed by atoms with van der Waals surface area (Å²) in [6.45, 7) is 0.943. The topological polar surface area (TPSA) is 46.5 Å². The van der Waals surface area contributed by atoms with Gasteiger partial charge in [-0.05, 0) is 47.0 Å². The Morgan fingerprint density at radius 3 is 2.62 bits per heavy atom. The maximum absolute atomic E-state index is 13.6. The number of benzene rings is 3. The number of para-hydroxylation sites is 1. The van der Waals surface area contributed by atoms with E-state index in [-0.39, 0.29) is 12.1 Å². The molecule has 0 aliphatic carbocycles. The number of fused-ring (bicyclic) bond motifs is 3. The molecule has 160 valence electrons. The summed E-state index contributed by atoms with van der Waals surface area (Å²) in [7, 11) is 1.64. The molecule has 4 aromatic rings. The van der Waals surface area contributed by atoms with Crippen LogP contribution in [-0.4, -0.2) is 22.6 Å². The molecule has 5 rings (SSSR count). The monoisotopic (exact) mass is 423 g/mol. The quantitative estimate of drug-likeness (QED) is 0.484. The zero-order valence-electron chi connectivity index (χ0n) is 17.9. The molecule has 5 heteroatoms. The van der Waals surface area contributed by atoms with Crippen LogP contribution in [0.4, 0.5) is 4.79 Å². The first-order chi connectivity index (χ1) is 15.7. The number of methoxy groups -OCH3 is 1. The first-order valence-corrected chi connectivity index (χ1v) is 10.7. The van der Waals surface area contributed by atoms with E-state index in [0.717, 1.165) is 33.8 Å². The summed E-state index contributed by atoms with van der Waals surface area (Å²) in [4.78, 5) is 15.5. The van der Waals surface area contributed by atoms with Crippen LogP contribution in [-0.2, 0) is 13.1 Å². The minimum absolute atomic E-state index is 0.105. The molecule has 2 heterocycles. The fourth-order valence-corrected chi connectivity index (χ4v) is 4.39. The van der Waals surface area contributed by atoms with E-state index >= 15 is 0 Å². The highest BCUT2D eigenvalue weighted by Gasteiger charge is 2.32. The van der Waals surface area contributed by atoms with Crippen molar-refractivity contribution in [3.05, 3.63) is 120 Å². The second-order valence-corrected chi connectivity index (χ2v) is 7.88. The minimum Gasteiger partial charge on any atom is -0.497 e. The van der Waals surface area contributed by atoms with E-state index in [0.29, 0.717) is 13.1 Å². The molecule has 32 heavy (non-hydrogen) atoms. The van der Waals surface area contributed by atoms with Gasteiger partial charge in [-0.2, -0.15) is 0 Å². The Morgan fingerprint density at radius 1 is 0.969 bits per heavy atom. The number of urea groups is 1. The van der Waals surface area contributed by atoms with Gasteiger partial charge in [-0.15, -0.1) is 0 Å². The Balaban J connectivity index is 1.52. The first-order valence-electron chi connectivity index (χ1n) is 10.7. The number of aromatic nitrogens is 1. The van der Waals surface area contributed by atoms with Gasteiger partial charge in [0.25, 0.3) is 0 Å². The molecule has 0 saturated heterocycles. The van der Waals surface area contributed by atoms with Gasteiger partial charge in [-0.25, -0.2) is 4.79 Å². The number of nitrogens with zero attached hydrogens (tertiary/aromatic N) is 2. The highest BCUT2D eigenvalue weighted by molar-refractivity contribution is 5.76. The van der Waals surface area contributed by atoms with Gasteiger partial charge in [-0.3, -0.25) is 0 Å². The van der Waals surface area contributed by atoms with Gasteiger partial charge in [0.1, 0.15) is 5.75 Å². The predicted molar refractivity (Wildman–Crippen MR) is 125 cm³/mol. The molecule has 1 aromatic heterocycles. The molecule has 1 atom stereocenters.